The number of halogens is 1. The molecule has 1 amide bonds. The SMILES string of the molecule is CCOC(=O)/C=C/c1c(F)cccc1NC(C)=O. The van der Waals surface area contributed by atoms with E-state index in [2.05, 4.69) is 10.1 Å². The third-order valence-electron chi connectivity index (χ3n) is 2.04. The predicted octanol–water partition coefficient (Wildman–Crippen LogP) is 2.36. The first-order chi connectivity index (χ1) is 8.54. The predicted molar refractivity (Wildman–Crippen MR) is 66.4 cm³/mol. The maximum absolute atomic E-state index is 13.6. The minimum absolute atomic E-state index is 0.140. The van der Waals surface area contributed by atoms with Gasteiger partial charge in [0.15, 0.2) is 0 Å². The van der Waals surface area contributed by atoms with Gasteiger partial charge in [0.05, 0.1) is 12.3 Å². The van der Waals surface area contributed by atoms with E-state index in [1.54, 1.807) is 13.0 Å². The van der Waals surface area contributed by atoms with Crippen molar-refractivity contribution in [3.05, 3.63) is 35.7 Å². The molecule has 0 aliphatic heterocycles. The van der Waals surface area contributed by atoms with Crippen LogP contribution in [0.4, 0.5) is 10.1 Å². The third-order valence-corrected chi connectivity index (χ3v) is 2.04. The lowest BCUT2D eigenvalue weighted by molar-refractivity contribution is -0.137. The van der Waals surface area contributed by atoms with Crippen LogP contribution in [0.15, 0.2) is 24.3 Å². The lowest BCUT2D eigenvalue weighted by Crippen LogP contribution is -2.08. The van der Waals surface area contributed by atoms with Gasteiger partial charge >= 0.3 is 5.97 Å². The van der Waals surface area contributed by atoms with Gasteiger partial charge in [-0.1, -0.05) is 6.07 Å². The number of anilines is 1. The van der Waals surface area contributed by atoms with Crippen LogP contribution in [0.25, 0.3) is 6.08 Å². The van der Waals surface area contributed by atoms with Gasteiger partial charge in [-0.3, -0.25) is 4.79 Å². The van der Waals surface area contributed by atoms with E-state index in [0.717, 1.165) is 6.08 Å². The molecular weight excluding hydrogens is 237 g/mol. The summed E-state index contributed by atoms with van der Waals surface area (Å²) in [6.07, 6.45) is 2.39. The van der Waals surface area contributed by atoms with Crippen LogP contribution in [-0.4, -0.2) is 18.5 Å². The molecule has 96 valence electrons. The standard InChI is InChI=1S/C13H14FNO3/c1-3-18-13(17)8-7-10-11(14)5-4-6-12(10)15-9(2)16/h4-8H,3H2,1-2H3,(H,15,16)/b8-7+. The molecular formula is C13H14FNO3. The molecule has 0 aromatic heterocycles. The molecule has 5 heteroatoms. The highest BCUT2D eigenvalue weighted by molar-refractivity contribution is 5.93. The molecule has 0 bridgehead atoms. The molecule has 0 heterocycles. The highest BCUT2D eigenvalue weighted by Crippen LogP contribution is 2.20. The Kier molecular flexibility index (Phi) is 5.05. The Morgan fingerprint density at radius 1 is 1.44 bits per heavy atom. The second-order valence-corrected chi connectivity index (χ2v) is 3.47. The Morgan fingerprint density at radius 2 is 2.17 bits per heavy atom. The van der Waals surface area contributed by atoms with Gasteiger partial charge in [-0.25, -0.2) is 9.18 Å². The molecule has 0 radical (unpaired) electrons. The Morgan fingerprint density at radius 3 is 2.78 bits per heavy atom. The number of hydrogen-bond acceptors (Lipinski definition) is 3. The minimum atomic E-state index is -0.561. The number of rotatable bonds is 4. The Balaban J connectivity index is 2.99. The molecule has 1 aromatic rings. The molecule has 0 unspecified atom stereocenters. The maximum Gasteiger partial charge on any atom is 0.330 e. The molecule has 1 N–H and O–H groups in total. The number of amides is 1. The first kappa shape index (κ1) is 13.9. The van der Waals surface area contributed by atoms with E-state index in [1.165, 1.54) is 25.1 Å². The normalized spacial score (nSPS) is 10.4. The van der Waals surface area contributed by atoms with Crippen molar-refractivity contribution in [3.8, 4) is 0 Å². The molecule has 0 spiro atoms. The van der Waals surface area contributed by atoms with Crippen molar-refractivity contribution in [1.82, 2.24) is 0 Å². The zero-order chi connectivity index (χ0) is 13.5. The molecule has 0 aliphatic carbocycles. The minimum Gasteiger partial charge on any atom is -0.463 e. The van der Waals surface area contributed by atoms with Gasteiger partial charge in [-0.15, -0.1) is 0 Å². The van der Waals surface area contributed by atoms with Crippen molar-refractivity contribution in [2.75, 3.05) is 11.9 Å². The largest absolute Gasteiger partial charge is 0.463 e. The first-order valence-corrected chi connectivity index (χ1v) is 5.45. The second-order valence-electron chi connectivity index (χ2n) is 3.47. The summed E-state index contributed by atoms with van der Waals surface area (Å²) in [7, 11) is 0. The van der Waals surface area contributed by atoms with Crippen LogP contribution in [-0.2, 0) is 14.3 Å². The van der Waals surface area contributed by atoms with E-state index in [0.29, 0.717) is 5.69 Å². The van der Waals surface area contributed by atoms with Crippen LogP contribution in [0.5, 0.6) is 0 Å². The monoisotopic (exact) mass is 251 g/mol. The van der Waals surface area contributed by atoms with Crippen molar-refractivity contribution >= 4 is 23.6 Å². The molecule has 0 fully saturated rings. The van der Waals surface area contributed by atoms with Crippen molar-refractivity contribution in [1.29, 1.82) is 0 Å². The average molecular weight is 251 g/mol. The Bertz CT molecular complexity index is 483. The van der Waals surface area contributed by atoms with Crippen LogP contribution in [0.3, 0.4) is 0 Å². The van der Waals surface area contributed by atoms with Gasteiger partial charge in [0.25, 0.3) is 0 Å². The Hall–Kier alpha value is -2.17. The fourth-order valence-electron chi connectivity index (χ4n) is 1.35. The number of hydrogen-bond donors (Lipinski definition) is 1. The quantitative estimate of drug-likeness (QED) is 0.660. The second kappa shape index (κ2) is 6.54. The van der Waals surface area contributed by atoms with E-state index in [1.807, 2.05) is 0 Å². The van der Waals surface area contributed by atoms with Crippen LogP contribution < -0.4 is 5.32 Å². The third kappa shape index (κ3) is 4.01. The first-order valence-electron chi connectivity index (χ1n) is 5.45. The van der Waals surface area contributed by atoms with E-state index in [-0.39, 0.29) is 18.1 Å². The summed E-state index contributed by atoms with van der Waals surface area (Å²) in [4.78, 5) is 22.1. The fraction of sp³-hybridized carbons (Fsp3) is 0.231. The number of carbonyl (C=O) groups is 2. The molecule has 4 nitrogen and oxygen atoms in total. The van der Waals surface area contributed by atoms with E-state index in [4.69, 9.17) is 0 Å². The molecule has 18 heavy (non-hydrogen) atoms. The average Bonchev–Trinajstić information content (AvgIpc) is 2.28. The van der Waals surface area contributed by atoms with Gasteiger partial charge in [0.1, 0.15) is 5.82 Å². The number of benzene rings is 1. The lowest BCUT2D eigenvalue weighted by Gasteiger charge is -2.07. The summed E-state index contributed by atoms with van der Waals surface area (Å²) in [6.45, 7) is 3.25. The Labute approximate surface area is 104 Å². The van der Waals surface area contributed by atoms with Gasteiger partial charge in [0, 0.05) is 18.6 Å². The number of carbonyl (C=O) groups excluding carboxylic acids is 2. The molecule has 1 aromatic carbocycles. The molecule has 0 aliphatic rings. The molecule has 0 saturated heterocycles. The maximum atomic E-state index is 13.6. The zero-order valence-corrected chi connectivity index (χ0v) is 10.2. The van der Waals surface area contributed by atoms with Crippen LogP contribution in [0.1, 0.15) is 19.4 Å². The van der Waals surface area contributed by atoms with Gasteiger partial charge in [0.2, 0.25) is 5.91 Å². The van der Waals surface area contributed by atoms with Crippen LogP contribution in [0, 0.1) is 5.82 Å². The molecule has 1 rings (SSSR count). The van der Waals surface area contributed by atoms with Gasteiger partial charge in [-0.05, 0) is 25.1 Å². The van der Waals surface area contributed by atoms with Crippen molar-refractivity contribution < 1.29 is 18.7 Å². The highest BCUT2D eigenvalue weighted by Gasteiger charge is 2.07. The number of nitrogens with one attached hydrogen (secondary N) is 1. The number of ether oxygens (including phenoxy) is 1. The van der Waals surface area contributed by atoms with Crippen LogP contribution >= 0.6 is 0 Å². The summed E-state index contributed by atoms with van der Waals surface area (Å²) in [5.74, 6) is -1.40. The highest BCUT2D eigenvalue weighted by atomic mass is 19.1. The van der Waals surface area contributed by atoms with E-state index >= 15 is 0 Å². The van der Waals surface area contributed by atoms with Crippen molar-refractivity contribution in [2.45, 2.75) is 13.8 Å². The number of esters is 1. The zero-order valence-electron chi connectivity index (χ0n) is 10.2. The van der Waals surface area contributed by atoms with E-state index < -0.39 is 11.8 Å². The topological polar surface area (TPSA) is 55.4 Å². The summed E-state index contributed by atoms with van der Waals surface area (Å²) in [5, 5.41) is 2.49. The van der Waals surface area contributed by atoms with Crippen molar-refractivity contribution in [3.63, 3.8) is 0 Å². The smallest absolute Gasteiger partial charge is 0.330 e. The van der Waals surface area contributed by atoms with Gasteiger partial charge in [-0.2, -0.15) is 0 Å². The summed E-state index contributed by atoms with van der Waals surface area (Å²) >= 11 is 0. The molecule has 0 saturated carbocycles. The van der Waals surface area contributed by atoms with Gasteiger partial charge < -0.3 is 10.1 Å². The molecule has 0 atom stereocenters. The van der Waals surface area contributed by atoms with Crippen LogP contribution in [0.2, 0.25) is 0 Å². The fourth-order valence-corrected chi connectivity index (χ4v) is 1.35. The summed E-state index contributed by atoms with van der Waals surface area (Å²) < 4.78 is 18.3. The summed E-state index contributed by atoms with van der Waals surface area (Å²) in [5.41, 5.74) is 0.448. The van der Waals surface area contributed by atoms with E-state index in [9.17, 15) is 14.0 Å². The van der Waals surface area contributed by atoms with Crippen molar-refractivity contribution in [2.24, 2.45) is 0 Å². The lowest BCUT2D eigenvalue weighted by atomic mass is 10.1. The summed E-state index contributed by atoms with van der Waals surface area (Å²) in [6, 6.07) is 4.27.